The third-order valence-corrected chi connectivity index (χ3v) is 5.25. The zero-order valence-electron chi connectivity index (χ0n) is 13.3. The number of hydrogen-bond acceptors (Lipinski definition) is 1. The van der Waals surface area contributed by atoms with E-state index >= 15 is 0 Å². The van der Waals surface area contributed by atoms with Gasteiger partial charge >= 0.3 is 0 Å². The second-order valence-electron chi connectivity index (χ2n) is 6.68. The lowest BCUT2D eigenvalue weighted by molar-refractivity contribution is 0.672. The minimum absolute atomic E-state index is 0.974. The molecular weight excluding hydrogens is 292 g/mol. The summed E-state index contributed by atoms with van der Waals surface area (Å²) in [4.78, 5) is 0. The van der Waals surface area contributed by atoms with Gasteiger partial charge in [0.15, 0.2) is 0 Å². The number of aryl methyl sites for hydroxylation is 1. The van der Waals surface area contributed by atoms with E-state index in [1.807, 2.05) is 0 Å². The fourth-order valence-corrected chi connectivity index (χ4v) is 4.21. The number of furan rings is 1. The molecule has 112 valence electrons. The summed E-state index contributed by atoms with van der Waals surface area (Å²) in [5, 5.41) is 10.2. The predicted octanol–water partition coefficient (Wildman–Crippen LogP) is 6.79. The molecule has 0 aliphatic carbocycles. The second-order valence-corrected chi connectivity index (χ2v) is 6.68. The van der Waals surface area contributed by atoms with Crippen LogP contribution in [0.4, 0.5) is 0 Å². The average Bonchev–Trinajstić information content (AvgIpc) is 2.99. The summed E-state index contributed by atoms with van der Waals surface area (Å²) < 4.78 is 6.35. The highest BCUT2D eigenvalue weighted by Crippen LogP contribution is 2.44. The van der Waals surface area contributed by atoms with Gasteiger partial charge in [-0.3, -0.25) is 0 Å². The van der Waals surface area contributed by atoms with Gasteiger partial charge in [0.1, 0.15) is 11.2 Å². The molecule has 0 saturated carbocycles. The van der Waals surface area contributed by atoms with E-state index in [-0.39, 0.29) is 0 Å². The molecule has 1 heterocycles. The Morgan fingerprint density at radius 3 is 2.12 bits per heavy atom. The largest absolute Gasteiger partial charge is 0.455 e. The third-order valence-electron chi connectivity index (χ3n) is 5.25. The normalized spacial score (nSPS) is 12.4. The molecule has 0 radical (unpaired) electrons. The number of benzene rings is 5. The van der Waals surface area contributed by atoms with Gasteiger partial charge in [0.25, 0.3) is 0 Å². The molecule has 1 heteroatoms. The molecule has 6 aromatic rings. The van der Waals surface area contributed by atoms with E-state index < -0.39 is 0 Å². The summed E-state index contributed by atoms with van der Waals surface area (Å²) in [6, 6.07) is 24.0. The van der Waals surface area contributed by atoms with E-state index in [0.29, 0.717) is 0 Å². The summed E-state index contributed by atoms with van der Waals surface area (Å²) in [6.45, 7) is 2.11. The van der Waals surface area contributed by atoms with Crippen molar-refractivity contribution in [3.63, 3.8) is 0 Å². The van der Waals surface area contributed by atoms with Crippen molar-refractivity contribution in [3.8, 4) is 0 Å². The molecule has 0 fully saturated rings. The fraction of sp³-hybridized carbons (Fsp3) is 0.0435. The molecule has 1 nitrogen and oxygen atoms in total. The molecule has 0 N–H and O–H groups in total. The lowest BCUT2D eigenvalue weighted by Crippen LogP contribution is -1.84. The predicted molar refractivity (Wildman–Crippen MR) is 102 cm³/mol. The first-order valence-electron chi connectivity index (χ1n) is 8.29. The maximum absolute atomic E-state index is 6.35. The van der Waals surface area contributed by atoms with Crippen molar-refractivity contribution in [3.05, 3.63) is 72.3 Å². The molecule has 0 spiro atoms. The van der Waals surface area contributed by atoms with E-state index in [4.69, 9.17) is 4.42 Å². The van der Waals surface area contributed by atoms with Gasteiger partial charge in [-0.15, -0.1) is 0 Å². The summed E-state index contributed by atoms with van der Waals surface area (Å²) in [5.74, 6) is 0. The van der Waals surface area contributed by atoms with Gasteiger partial charge in [-0.2, -0.15) is 0 Å². The smallest absolute Gasteiger partial charge is 0.143 e. The number of fused-ring (bicyclic) bond motifs is 5. The van der Waals surface area contributed by atoms with Crippen molar-refractivity contribution >= 4 is 54.3 Å². The molecular formula is C23H14O. The highest BCUT2D eigenvalue weighted by molar-refractivity contribution is 6.36. The van der Waals surface area contributed by atoms with Crippen LogP contribution in [0.2, 0.25) is 0 Å². The zero-order chi connectivity index (χ0) is 15.8. The van der Waals surface area contributed by atoms with Gasteiger partial charge in [-0.25, -0.2) is 0 Å². The molecule has 24 heavy (non-hydrogen) atoms. The van der Waals surface area contributed by atoms with E-state index in [0.717, 1.165) is 11.2 Å². The Hall–Kier alpha value is -3.06. The topological polar surface area (TPSA) is 13.1 Å². The minimum Gasteiger partial charge on any atom is -0.455 e. The Morgan fingerprint density at radius 2 is 1.33 bits per heavy atom. The van der Waals surface area contributed by atoms with Gasteiger partial charge in [-0.05, 0) is 40.1 Å². The van der Waals surface area contributed by atoms with Gasteiger partial charge in [0, 0.05) is 21.5 Å². The molecule has 0 saturated heterocycles. The number of hydrogen-bond donors (Lipinski definition) is 0. The lowest BCUT2D eigenvalue weighted by atomic mass is 9.91. The standard InChI is InChI=1S/C23H14O/c1-13-8-11-16-19(12-13)24-23-18-7-3-5-15-10-9-14-4-2-6-17(22(16)23)20(14)21(15)18/h2-12H,1H3. The highest BCUT2D eigenvalue weighted by atomic mass is 16.3. The number of rotatable bonds is 0. The Balaban J connectivity index is 2.09. The minimum atomic E-state index is 0.974. The molecule has 5 aromatic carbocycles. The van der Waals surface area contributed by atoms with Crippen molar-refractivity contribution < 1.29 is 4.42 Å². The Labute approximate surface area is 138 Å². The molecule has 1 aromatic heterocycles. The van der Waals surface area contributed by atoms with E-state index in [9.17, 15) is 0 Å². The Bertz CT molecular complexity index is 1400. The lowest BCUT2D eigenvalue weighted by Gasteiger charge is -2.11. The second kappa shape index (κ2) is 4.07. The van der Waals surface area contributed by atoms with Gasteiger partial charge in [0.05, 0.1) is 0 Å². The zero-order valence-corrected chi connectivity index (χ0v) is 13.3. The molecule has 0 amide bonds. The average molecular weight is 306 g/mol. The summed E-state index contributed by atoms with van der Waals surface area (Å²) >= 11 is 0. The van der Waals surface area contributed by atoms with Crippen molar-refractivity contribution in [1.29, 1.82) is 0 Å². The van der Waals surface area contributed by atoms with Crippen LogP contribution in [-0.4, -0.2) is 0 Å². The monoisotopic (exact) mass is 306 g/mol. The summed E-state index contributed by atoms with van der Waals surface area (Å²) in [5.41, 5.74) is 3.21. The molecule has 6 rings (SSSR count). The molecule has 0 bridgehead atoms. The molecule has 0 atom stereocenters. The van der Waals surface area contributed by atoms with Gasteiger partial charge in [0.2, 0.25) is 0 Å². The molecule has 0 unspecified atom stereocenters. The Morgan fingerprint density at radius 1 is 0.625 bits per heavy atom. The van der Waals surface area contributed by atoms with Gasteiger partial charge < -0.3 is 4.42 Å². The van der Waals surface area contributed by atoms with Crippen LogP contribution < -0.4 is 0 Å². The third kappa shape index (κ3) is 1.36. The van der Waals surface area contributed by atoms with Crippen molar-refractivity contribution in [2.45, 2.75) is 6.92 Å². The maximum atomic E-state index is 6.35. The van der Waals surface area contributed by atoms with E-state index in [1.165, 1.54) is 48.7 Å². The van der Waals surface area contributed by atoms with Crippen LogP contribution in [0.3, 0.4) is 0 Å². The van der Waals surface area contributed by atoms with Crippen molar-refractivity contribution in [2.75, 3.05) is 0 Å². The summed E-state index contributed by atoms with van der Waals surface area (Å²) in [7, 11) is 0. The van der Waals surface area contributed by atoms with Crippen LogP contribution in [-0.2, 0) is 0 Å². The summed E-state index contributed by atoms with van der Waals surface area (Å²) in [6.07, 6.45) is 0. The fourth-order valence-electron chi connectivity index (χ4n) is 4.21. The first kappa shape index (κ1) is 12.4. The Kier molecular flexibility index (Phi) is 2.10. The van der Waals surface area contributed by atoms with Crippen LogP contribution in [0.5, 0.6) is 0 Å². The van der Waals surface area contributed by atoms with Crippen LogP contribution in [0.25, 0.3) is 54.3 Å². The van der Waals surface area contributed by atoms with Crippen molar-refractivity contribution in [1.82, 2.24) is 0 Å². The van der Waals surface area contributed by atoms with Crippen LogP contribution >= 0.6 is 0 Å². The van der Waals surface area contributed by atoms with Crippen molar-refractivity contribution in [2.24, 2.45) is 0 Å². The van der Waals surface area contributed by atoms with Crippen LogP contribution in [0, 0.1) is 6.92 Å². The van der Waals surface area contributed by atoms with E-state index in [1.54, 1.807) is 0 Å². The van der Waals surface area contributed by atoms with Crippen LogP contribution in [0.1, 0.15) is 5.56 Å². The first-order chi connectivity index (χ1) is 11.8. The quantitative estimate of drug-likeness (QED) is 0.281. The van der Waals surface area contributed by atoms with E-state index in [2.05, 4.69) is 73.7 Å². The maximum Gasteiger partial charge on any atom is 0.143 e. The van der Waals surface area contributed by atoms with Gasteiger partial charge in [-0.1, -0.05) is 60.7 Å². The molecule has 0 aliphatic rings. The SMILES string of the molecule is Cc1ccc2c(c1)oc1c3cccc4ccc5cccc(c21)c5c43. The first-order valence-corrected chi connectivity index (χ1v) is 8.29. The highest BCUT2D eigenvalue weighted by Gasteiger charge is 2.17. The molecule has 0 aliphatic heterocycles. The van der Waals surface area contributed by atoms with Crippen LogP contribution in [0.15, 0.2) is 71.1 Å².